The molecule has 3 rings (SSSR count). The molecule has 0 saturated carbocycles. The number of ether oxygens (including phenoxy) is 1. The Kier molecular flexibility index (Phi) is 4.24. The first-order valence-corrected chi connectivity index (χ1v) is 7.92. The summed E-state index contributed by atoms with van der Waals surface area (Å²) in [6.45, 7) is 3.45. The van der Waals surface area contributed by atoms with E-state index in [0.717, 1.165) is 0 Å². The van der Waals surface area contributed by atoms with Gasteiger partial charge in [0.05, 0.1) is 13.1 Å². The Morgan fingerprint density at radius 2 is 1.52 bits per heavy atom. The highest BCUT2D eigenvalue weighted by molar-refractivity contribution is 5.86. The van der Waals surface area contributed by atoms with Gasteiger partial charge in [0.25, 0.3) is 5.91 Å². The Morgan fingerprint density at radius 3 is 2.04 bits per heavy atom. The van der Waals surface area contributed by atoms with Gasteiger partial charge < -0.3 is 14.7 Å². The first-order valence-electron chi connectivity index (χ1n) is 7.92. The van der Waals surface area contributed by atoms with Crippen LogP contribution in [0.5, 0.6) is 5.75 Å². The molecule has 132 valence electrons. The minimum absolute atomic E-state index is 0.105. The van der Waals surface area contributed by atoms with E-state index in [-0.39, 0.29) is 30.6 Å². The van der Waals surface area contributed by atoms with Gasteiger partial charge in [-0.25, -0.2) is 8.78 Å². The van der Waals surface area contributed by atoms with Crippen LogP contribution in [0, 0.1) is 11.6 Å². The number of carbonyl (C=O) groups is 1. The van der Waals surface area contributed by atoms with E-state index in [2.05, 4.69) is 0 Å². The molecule has 4 nitrogen and oxygen atoms in total. The maximum absolute atomic E-state index is 13.0. The summed E-state index contributed by atoms with van der Waals surface area (Å²) in [5.74, 6) is -0.672. The number of halogens is 2. The van der Waals surface area contributed by atoms with Crippen LogP contribution in [0.3, 0.4) is 0 Å². The van der Waals surface area contributed by atoms with Gasteiger partial charge in [-0.3, -0.25) is 4.79 Å². The van der Waals surface area contributed by atoms with Crippen LogP contribution in [0.4, 0.5) is 8.78 Å². The van der Waals surface area contributed by atoms with Crippen molar-refractivity contribution in [3.05, 3.63) is 65.7 Å². The predicted molar refractivity (Wildman–Crippen MR) is 88.0 cm³/mol. The fourth-order valence-electron chi connectivity index (χ4n) is 2.89. The Morgan fingerprint density at radius 1 is 1.04 bits per heavy atom. The van der Waals surface area contributed by atoms with Crippen molar-refractivity contribution in [1.29, 1.82) is 0 Å². The monoisotopic (exact) mass is 347 g/mol. The molecule has 0 atom stereocenters. The molecule has 0 spiro atoms. The third-order valence-electron chi connectivity index (χ3n) is 4.28. The van der Waals surface area contributed by atoms with Crippen LogP contribution < -0.4 is 4.74 Å². The highest BCUT2D eigenvalue weighted by Crippen LogP contribution is 2.34. The summed E-state index contributed by atoms with van der Waals surface area (Å²) in [7, 11) is 0. The normalized spacial score (nSPS) is 16.3. The SMILES string of the molecule is CC(C)(Oc1ccc(F)cc1)C(=O)N1CC(O)(c2ccc(F)cc2)C1. The number of rotatable bonds is 4. The summed E-state index contributed by atoms with van der Waals surface area (Å²) < 4.78 is 31.6. The maximum atomic E-state index is 13.0. The highest BCUT2D eigenvalue weighted by Gasteiger charge is 2.49. The van der Waals surface area contributed by atoms with Crippen LogP contribution in [-0.2, 0) is 10.4 Å². The lowest BCUT2D eigenvalue weighted by Crippen LogP contribution is -2.65. The third kappa shape index (κ3) is 3.49. The lowest BCUT2D eigenvalue weighted by Gasteiger charge is -2.48. The summed E-state index contributed by atoms with van der Waals surface area (Å²) in [5, 5.41) is 10.6. The van der Waals surface area contributed by atoms with E-state index in [4.69, 9.17) is 4.74 Å². The zero-order valence-electron chi connectivity index (χ0n) is 14.0. The lowest BCUT2D eigenvalue weighted by molar-refractivity contribution is -0.170. The molecule has 2 aromatic carbocycles. The van der Waals surface area contributed by atoms with E-state index in [1.54, 1.807) is 13.8 Å². The zero-order chi connectivity index (χ0) is 18.2. The van der Waals surface area contributed by atoms with Crippen molar-refractivity contribution in [2.24, 2.45) is 0 Å². The fourth-order valence-corrected chi connectivity index (χ4v) is 2.89. The Hall–Kier alpha value is -2.47. The van der Waals surface area contributed by atoms with Gasteiger partial charge in [0.1, 0.15) is 23.0 Å². The molecular weight excluding hydrogens is 328 g/mol. The average molecular weight is 347 g/mol. The number of β-amino-alcohol motifs (C(OH)–C–C–N with tert-alkyl or cyclic N) is 1. The van der Waals surface area contributed by atoms with E-state index in [9.17, 15) is 18.7 Å². The molecule has 1 aliphatic heterocycles. The molecule has 1 heterocycles. The predicted octanol–water partition coefficient (Wildman–Crippen LogP) is 2.85. The molecule has 1 aliphatic rings. The maximum Gasteiger partial charge on any atom is 0.266 e. The van der Waals surface area contributed by atoms with Crippen molar-refractivity contribution in [1.82, 2.24) is 4.90 Å². The van der Waals surface area contributed by atoms with Crippen molar-refractivity contribution < 1.29 is 23.4 Å². The Labute approximate surface area is 144 Å². The van der Waals surface area contributed by atoms with Gasteiger partial charge in [-0.1, -0.05) is 12.1 Å². The van der Waals surface area contributed by atoms with Crippen LogP contribution in [0.2, 0.25) is 0 Å². The molecule has 0 aliphatic carbocycles. The molecule has 25 heavy (non-hydrogen) atoms. The van der Waals surface area contributed by atoms with Gasteiger partial charge >= 0.3 is 0 Å². The third-order valence-corrected chi connectivity index (χ3v) is 4.28. The van der Waals surface area contributed by atoms with Crippen molar-refractivity contribution in [3.63, 3.8) is 0 Å². The first kappa shape index (κ1) is 17.4. The lowest BCUT2D eigenvalue weighted by atomic mass is 9.85. The second-order valence-corrected chi connectivity index (χ2v) is 6.77. The smallest absolute Gasteiger partial charge is 0.266 e. The van der Waals surface area contributed by atoms with E-state index in [0.29, 0.717) is 11.3 Å². The quantitative estimate of drug-likeness (QED) is 0.925. The molecule has 2 aromatic rings. The van der Waals surface area contributed by atoms with Crippen molar-refractivity contribution in [3.8, 4) is 5.75 Å². The number of hydrogen-bond acceptors (Lipinski definition) is 3. The molecule has 1 N–H and O–H groups in total. The van der Waals surface area contributed by atoms with Crippen LogP contribution in [0.25, 0.3) is 0 Å². The van der Waals surface area contributed by atoms with Gasteiger partial charge in [-0.05, 0) is 55.8 Å². The average Bonchev–Trinajstić information content (AvgIpc) is 2.54. The zero-order valence-corrected chi connectivity index (χ0v) is 14.0. The minimum atomic E-state index is -1.19. The summed E-state index contributed by atoms with van der Waals surface area (Å²) in [5.41, 5.74) is -1.78. The number of nitrogens with zero attached hydrogens (tertiary/aromatic N) is 1. The Balaban J connectivity index is 1.65. The molecule has 0 unspecified atom stereocenters. The van der Waals surface area contributed by atoms with Crippen LogP contribution in [0.15, 0.2) is 48.5 Å². The second kappa shape index (κ2) is 6.11. The minimum Gasteiger partial charge on any atom is -0.478 e. The van der Waals surface area contributed by atoms with Gasteiger partial charge in [0.15, 0.2) is 5.60 Å². The standard InChI is InChI=1S/C19H19F2NO3/c1-18(2,25-16-9-7-15(21)8-10-16)17(23)22-11-19(24,12-22)13-3-5-14(20)6-4-13/h3-10,24H,11-12H2,1-2H3. The molecule has 1 saturated heterocycles. The largest absolute Gasteiger partial charge is 0.478 e. The van der Waals surface area contributed by atoms with E-state index in [1.165, 1.54) is 53.4 Å². The first-order chi connectivity index (χ1) is 11.7. The molecule has 6 heteroatoms. The summed E-state index contributed by atoms with van der Waals surface area (Å²) in [6, 6.07) is 11.0. The van der Waals surface area contributed by atoms with Crippen LogP contribution >= 0.6 is 0 Å². The highest BCUT2D eigenvalue weighted by atomic mass is 19.1. The fraction of sp³-hybridized carbons (Fsp3) is 0.316. The number of hydrogen-bond donors (Lipinski definition) is 1. The summed E-state index contributed by atoms with van der Waals surface area (Å²) >= 11 is 0. The van der Waals surface area contributed by atoms with E-state index < -0.39 is 11.2 Å². The Bertz CT molecular complexity index is 766. The van der Waals surface area contributed by atoms with Crippen molar-refractivity contribution >= 4 is 5.91 Å². The number of amides is 1. The molecule has 1 amide bonds. The molecule has 0 aromatic heterocycles. The number of aliphatic hydroxyl groups is 1. The van der Waals surface area contributed by atoms with E-state index >= 15 is 0 Å². The molecular formula is C19H19F2NO3. The van der Waals surface area contributed by atoms with Crippen LogP contribution in [-0.4, -0.2) is 34.6 Å². The summed E-state index contributed by atoms with van der Waals surface area (Å²) in [6.07, 6.45) is 0. The van der Waals surface area contributed by atoms with Crippen molar-refractivity contribution in [2.45, 2.75) is 25.0 Å². The van der Waals surface area contributed by atoms with E-state index in [1.807, 2.05) is 0 Å². The van der Waals surface area contributed by atoms with Crippen molar-refractivity contribution in [2.75, 3.05) is 13.1 Å². The molecule has 0 bridgehead atoms. The van der Waals surface area contributed by atoms with Gasteiger partial charge in [0.2, 0.25) is 0 Å². The van der Waals surface area contributed by atoms with Gasteiger partial charge in [-0.2, -0.15) is 0 Å². The molecule has 1 fully saturated rings. The number of carbonyl (C=O) groups excluding carboxylic acids is 1. The summed E-state index contributed by atoms with van der Waals surface area (Å²) in [4.78, 5) is 14.1. The number of benzene rings is 2. The topological polar surface area (TPSA) is 49.8 Å². The van der Waals surface area contributed by atoms with Gasteiger partial charge in [0, 0.05) is 0 Å². The molecule has 0 radical (unpaired) electrons. The number of likely N-dealkylation sites (tertiary alicyclic amines) is 1. The van der Waals surface area contributed by atoms with Crippen LogP contribution in [0.1, 0.15) is 19.4 Å². The second-order valence-electron chi connectivity index (χ2n) is 6.77. The van der Waals surface area contributed by atoms with Gasteiger partial charge in [-0.15, -0.1) is 0 Å².